The van der Waals surface area contributed by atoms with E-state index < -0.39 is 11.9 Å². The van der Waals surface area contributed by atoms with Gasteiger partial charge in [-0.25, -0.2) is 9.99 Å². The molecule has 1 aromatic heterocycles. The molecule has 0 fully saturated rings. The maximum absolute atomic E-state index is 12.0. The highest BCUT2D eigenvalue weighted by atomic mass is 127. The first kappa shape index (κ1) is 13.0. The number of benzene rings is 1. The molecule has 20 heavy (non-hydrogen) atoms. The van der Waals surface area contributed by atoms with Crippen LogP contribution in [0.4, 0.5) is 5.95 Å². The second kappa shape index (κ2) is 4.85. The van der Waals surface area contributed by atoms with Gasteiger partial charge in [0.25, 0.3) is 5.56 Å². The van der Waals surface area contributed by atoms with Gasteiger partial charge in [0.15, 0.2) is 0 Å². The van der Waals surface area contributed by atoms with Crippen molar-refractivity contribution in [3.63, 3.8) is 0 Å². The van der Waals surface area contributed by atoms with E-state index in [2.05, 4.69) is 37.7 Å². The van der Waals surface area contributed by atoms with Crippen molar-refractivity contribution in [2.24, 2.45) is 11.0 Å². The Morgan fingerprint density at radius 3 is 3.00 bits per heavy atom. The lowest BCUT2D eigenvalue weighted by Gasteiger charge is -2.13. The number of anilines is 1. The molecule has 8 heteroatoms. The number of aromatic nitrogens is 2. The van der Waals surface area contributed by atoms with Crippen LogP contribution in [-0.4, -0.2) is 33.8 Å². The molecule has 1 aliphatic heterocycles. The SMILES string of the molecule is O=C(O)C1C=NN(c2nc3ccc(I)cc3c(=O)[nH]2)C1. The number of halogens is 1. The van der Waals surface area contributed by atoms with E-state index in [0.717, 1.165) is 3.57 Å². The summed E-state index contributed by atoms with van der Waals surface area (Å²) in [5, 5.41) is 14.8. The number of H-pyrrole nitrogens is 1. The number of carbonyl (C=O) groups is 1. The Kier molecular flexibility index (Phi) is 3.16. The standard InChI is InChI=1S/C12H9IN4O3/c13-7-1-2-9-8(3-7)10(18)16-12(15-9)17-5-6(4-14-17)11(19)20/h1-4,6H,5H2,(H,19,20)(H,15,16,18). The van der Waals surface area contributed by atoms with E-state index in [4.69, 9.17) is 5.11 Å². The van der Waals surface area contributed by atoms with Gasteiger partial charge in [-0.3, -0.25) is 14.6 Å². The number of nitrogens with zero attached hydrogens (tertiary/aromatic N) is 3. The monoisotopic (exact) mass is 384 g/mol. The Bertz CT molecular complexity index is 786. The van der Waals surface area contributed by atoms with Gasteiger partial charge in [0, 0.05) is 9.78 Å². The van der Waals surface area contributed by atoms with Gasteiger partial charge in [-0.15, -0.1) is 0 Å². The van der Waals surface area contributed by atoms with Gasteiger partial charge >= 0.3 is 5.97 Å². The minimum absolute atomic E-state index is 0.161. The third-order valence-corrected chi connectivity index (χ3v) is 3.64. The smallest absolute Gasteiger partial charge is 0.313 e. The summed E-state index contributed by atoms with van der Waals surface area (Å²) in [5.41, 5.74) is 0.288. The van der Waals surface area contributed by atoms with E-state index in [0.29, 0.717) is 10.9 Å². The normalized spacial score (nSPS) is 17.9. The van der Waals surface area contributed by atoms with Crippen LogP contribution in [0.25, 0.3) is 10.9 Å². The zero-order valence-electron chi connectivity index (χ0n) is 10.1. The number of hydrazone groups is 1. The number of rotatable bonds is 2. The largest absolute Gasteiger partial charge is 0.481 e. The highest BCUT2D eigenvalue weighted by molar-refractivity contribution is 14.1. The lowest BCUT2D eigenvalue weighted by Crippen LogP contribution is -2.26. The summed E-state index contributed by atoms with van der Waals surface area (Å²) in [4.78, 5) is 29.9. The molecule has 1 atom stereocenters. The maximum atomic E-state index is 12.0. The third-order valence-electron chi connectivity index (χ3n) is 2.97. The van der Waals surface area contributed by atoms with Gasteiger partial charge in [-0.2, -0.15) is 5.10 Å². The number of nitrogens with one attached hydrogen (secondary N) is 1. The molecular formula is C12H9IN4O3. The zero-order valence-corrected chi connectivity index (χ0v) is 12.2. The first-order valence-corrected chi connectivity index (χ1v) is 6.86. The molecule has 0 amide bonds. The van der Waals surface area contributed by atoms with Crippen LogP contribution >= 0.6 is 22.6 Å². The van der Waals surface area contributed by atoms with E-state index in [1.54, 1.807) is 12.1 Å². The van der Waals surface area contributed by atoms with Crippen molar-refractivity contribution in [2.75, 3.05) is 11.6 Å². The summed E-state index contributed by atoms with van der Waals surface area (Å²) in [5.74, 6) is -1.38. The molecule has 1 aromatic carbocycles. The summed E-state index contributed by atoms with van der Waals surface area (Å²) in [6.07, 6.45) is 1.33. The average Bonchev–Trinajstić information content (AvgIpc) is 2.89. The molecule has 2 N–H and O–H groups in total. The number of hydrogen-bond donors (Lipinski definition) is 2. The van der Waals surface area contributed by atoms with Crippen molar-refractivity contribution in [3.05, 3.63) is 32.1 Å². The summed E-state index contributed by atoms with van der Waals surface area (Å²) < 4.78 is 0.945. The van der Waals surface area contributed by atoms with Crippen molar-refractivity contribution in [1.82, 2.24) is 9.97 Å². The quantitative estimate of drug-likeness (QED) is 0.754. The third kappa shape index (κ3) is 2.26. The number of fused-ring (bicyclic) bond motifs is 1. The molecule has 0 radical (unpaired) electrons. The fourth-order valence-electron chi connectivity index (χ4n) is 1.95. The summed E-state index contributed by atoms with van der Waals surface area (Å²) in [7, 11) is 0. The minimum atomic E-state index is -0.950. The van der Waals surface area contributed by atoms with E-state index in [1.807, 2.05) is 6.07 Å². The van der Waals surface area contributed by atoms with E-state index in [9.17, 15) is 9.59 Å². The molecule has 1 unspecified atom stereocenters. The van der Waals surface area contributed by atoms with Crippen LogP contribution in [0.1, 0.15) is 0 Å². The number of carboxylic acids is 1. The number of carboxylic acid groups (broad SMARTS) is 1. The predicted molar refractivity (Wildman–Crippen MR) is 82.0 cm³/mol. The van der Waals surface area contributed by atoms with Gasteiger partial charge in [0.1, 0.15) is 5.92 Å². The van der Waals surface area contributed by atoms with Crippen LogP contribution in [0.5, 0.6) is 0 Å². The van der Waals surface area contributed by atoms with Gasteiger partial charge < -0.3 is 5.11 Å². The second-order valence-electron chi connectivity index (χ2n) is 4.34. The molecule has 0 spiro atoms. The molecule has 3 rings (SSSR count). The molecule has 0 bridgehead atoms. The predicted octanol–water partition coefficient (Wildman–Crippen LogP) is 1.03. The second-order valence-corrected chi connectivity index (χ2v) is 5.59. The summed E-state index contributed by atoms with van der Waals surface area (Å²) >= 11 is 2.12. The molecule has 7 nitrogen and oxygen atoms in total. The van der Waals surface area contributed by atoms with Crippen molar-refractivity contribution in [3.8, 4) is 0 Å². The van der Waals surface area contributed by atoms with E-state index in [1.165, 1.54) is 11.2 Å². The Hall–Kier alpha value is -1.97. The van der Waals surface area contributed by atoms with Gasteiger partial charge in [0.2, 0.25) is 5.95 Å². The zero-order chi connectivity index (χ0) is 14.3. The van der Waals surface area contributed by atoms with Crippen LogP contribution in [0.15, 0.2) is 28.1 Å². The molecule has 2 aromatic rings. The first-order valence-electron chi connectivity index (χ1n) is 5.78. The average molecular weight is 384 g/mol. The summed E-state index contributed by atoms with van der Waals surface area (Å²) in [6, 6.07) is 5.36. The Balaban J connectivity index is 2.02. The summed E-state index contributed by atoms with van der Waals surface area (Å²) in [6.45, 7) is 0.161. The van der Waals surface area contributed by atoms with E-state index in [-0.39, 0.29) is 18.1 Å². The highest BCUT2D eigenvalue weighted by Crippen LogP contribution is 2.18. The Labute approximate surface area is 126 Å². The van der Waals surface area contributed by atoms with Crippen LogP contribution in [0, 0.1) is 9.49 Å². The molecule has 0 saturated heterocycles. The van der Waals surface area contributed by atoms with Gasteiger partial charge in [-0.05, 0) is 40.8 Å². The topological polar surface area (TPSA) is 98.6 Å². The lowest BCUT2D eigenvalue weighted by atomic mass is 10.2. The molecule has 1 aliphatic rings. The number of aliphatic carboxylic acids is 1. The van der Waals surface area contributed by atoms with Crippen LogP contribution < -0.4 is 10.6 Å². The van der Waals surface area contributed by atoms with Gasteiger partial charge in [-0.1, -0.05) is 0 Å². The van der Waals surface area contributed by atoms with Crippen LogP contribution in [0.3, 0.4) is 0 Å². The first-order chi connectivity index (χ1) is 9.54. The number of hydrogen-bond acceptors (Lipinski definition) is 5. The van der Waals surface area contributed by atoms with Crippen molar-refractivity contribution in [2.45, 2.75) is 0 Å². The maximum Gasteiger partial charge on any atom is 0.313 e. The van der Waals surface area contributed by atoms with Gasteiger partial charge in [0.05, 0.1) is 17.4 Å². The highest BCUT2D eigenvalue weighted by Gasteiger charge is 2.26. The lowest BCUT2D eigenvalue weighted by molar-refractivity contribution is -0.138. The minimum Gasteiger partial charge on any atom is -0.481 e. The molecule has 2 heterocycles. The van der Waals surface area contributed by atoms with Crippen molar-refractivity contribution < 1.29 is 9.90 Å². The number of aromatic amines is 1. The fourth-order valence-corrected chi connectivity index (χ4v) is 2.44. The molecular weight excluding hydrogens is 375 g/mol. The van der Waals surface area contributed by atoms with E-state index >= 15 is 0 Å². The molecule has 102 valence electrons. The molecule has 0 saturated carbocycles. The Morgan fingerprint density at radius 2 is 2.30 bits per heavy atom. The Morgan fingerprint density at radius 1 is 1.50 bits per heavy atom. The molecule has 0 aliphatic carbocycles. The van der Waals surface area contributed by atoms with Crippen molar-refractivity contribution in [1.29, 1.82) is 0 Å². The fraction of sp³-hybridized carbons (Fsp3) is 0.167. The van der Waals surface area contributed by atoms with Crippen LogP contribution in [0.2, 0.25) is 0 Å². The van der Waals surface area contributed by atoms with Crippen molar-refractivity contribution >= 4 is 51.6 Å². The van der Waals surface area contributed by atoms with Crippen LogP contribution in [-0.2, 0) is 4.79 Å².